The highest BCUT2D eigenvalue weighted by Crippen LogP contribution is 2.40. The summed E-state index contributed by atoms with van der Waals surface area (Å²) in [5, 5.41) is 3.58. The lowest BCUT2D eigenvalue weighted by atomic mass is 9.69. The van der Waals surface area contributed by atoms with Crippen LogP contribution in [0.2, 0.25) is 0 Å². The van der Waals surface area contributed by atoms with Crippen LogP contribution in [0.15, 0.2) is 0 Å². The molecule has 1 aliphatic rings. The van der Waals surface area contributed by atoms with Crippen LogP contribution >= 0.6 is 0 Å². The molecule has 0 aromatic carbocycles. The summed E-state index contributed by atoms with van der Waals surface area (Å²) < 4.78 is 4.64. The highest BCUT2D eigenvalue weighted by molar-refractivity contribution is 5.69. The highest BCUT2D eigenvalue weighted by Gasteiger charge is 2.31. The van der Waals surface area contributed by atoms with E-state index in [1.165, 1.54) is 39.2 Å². The van der Waals surface area contributed by atoms with Gasteiger partial charge in [-0.05, 0) is 50.0 Å². The van der Waals surface area contributed by atoms with Gasteiger partial charge in [0.05, 0.1) is 7.11 Å². The topological polar surface area (TPSA) is 38.3 Å². The van der Waals surface area contributed by atoms with E-state index in [0.717, 1.165) is 18.9 Å². The Kier molecular flexibility index (Phi) is 6.84. The minimum absolute atomic E-state index is 0.102. The second kappa shape index (κ2) is 7.88. The van der Waals surface area contributed by atoms with Gasteiger partial charge in [0.15, 0.2) is 0 Å². The predicted molar refractivity (Wildman–Crippen MR) is 79.1 cm³/mol. The molecule has 0 atom stereocenters. The van der Waals surface area contributed by atoms with Crippen molar-refractivity contribution in [3.63, 3.8) is 0 Å². The molecule has 0 aromatic heterocycles. The van der Waals surface area contributed by atoms with E-state index in [1.54, 1.807) is 0 Å². The molecule has 0 unspecified atom stereocenters. The van der Waals surface area contributed by atoms with Crippen molar-refractivity contribution in [2.24, 2.45) is 11.3 Å². The molecule has 1 rings (SSSR count). The monoisotopic (exact) mass is 269 g/mol. The Morgan fingerprint density at radius 2 is 1.89 bits per heavy atom. The van der Waals surface area contributed by atoms with Crippen molar-refractivity contribution in [2.75, 3.05) is 13.7 Å². The first-order chi connectivity index (χ1) is 8.99. The average Bonchev–Trinajstić information content (AvgIpc) is 2.43. The quantitative estimate of drug-likeness (QED) is 0.567. The van der Waals surface area contributed by atoms with Crippen molar-refractivity contribution in [2.45, 2.75) is 71.8 Å². The SMILES string of the molecule is CCC(C)(C)C1CCC(NCCCC(=O)OC)CC1. The second-order valence-corrected chi connectivity index (χ2v) is 6.52. The summed E-state index contributed by atoms with van der Waals surface area (Å²) in [4.78, 5) is 11.0. The number of nitrogens with one attached hydrogen (secondary N) is 1. The summed E-state index contributed by atoms with van der Waals surface area (Å²) in [6.07, 6.45) is 7.94. The zero-order valence-corrected chi connectivity index (χ0v) is 13.1. The summed E-state index contributed by atoms with van der Waals surface area (Å²) in [6, 6.07) is 0.654. The molecule has 1 fully saturated rings. The predicted octanol–water partition coefficient (Wildman–Crippen LogP) is 3.52. The number of methoxy groups -OCH3 is 1. The number of hydrogen-bond donors (Lipinski definition) is 1. The van der Waals surface area contributed by atoms with Gasteiger partial charge >= 0.3 is 5.97 Å². The van der Waals surface area contributed by atoms with Crippen molar-refractivity contribution in [3.05, 3.63) is 0 Å². The first-order valence-electron chi connectivity index (χ1n) is 7.79. The Morgan fingerprint density at radius 3 is 2.42 bits per heavy atom. The maximum Gasteiger partial charge on any atom is 0.305 e. The molecule has 0 bridgehead atoms. The molecule has 0 heterocycles. The summed E-state index contributed by atoms with van der Waals surface area (Å²) in [5.41, 5.74) is 0.496. The molecule has 0 spiro atoms. The van der Waals surface area contributed by atoms with E-state index < -0.39 is 0 Å². The molecule has 1 saturated carbocycles. The number of esters is 1. The summed E-state index contributed by atoms with van der Waals surface area (Å²) in [5.74, 6) is 0.779. The van der Waals surface area contributed by atoms with E-state index in [0.29, 0.717) is 17.9 Å². The van der Waals surface area contributed by atoms with E-state index in [-0.39, 0.29) is 5.97 Å². The van der Waals surface area contributed by atoms with Gasteiger partial charge < -0.3 is 10.1 Å². The van der Waals surface area contributed by atoms with Crippen LogP contribution in [0.25, 0.3) is 0 Å². The third-order valence-electron chi connectivity index (χ3n) is 4.96. The van der Waals surface area contributed by atoms with Gasteiger partial charge in [0.1, 0.15) is 0 Å². The van der Waals surface area contributed by atoms with Crippen LogP contribution in [0, 0.1) is 11.3 Å². The van der Waals surface area contributed by atoms with Crippen molar-refractivity contribution >= 4 is 5.97 Å². The Hall–Kier alpha value is -0.570. The van der Waals surface area contributed by atoms with Crippen LogP contribution in [0.1, 0.15) is 65.7 Å². The van der Waals surface area contributed by atoms with Crippen LogP contribution in [0.5, 0.6) is 0 Å². The van der Waals surface area contributed by atoms with Gasteiger partial charge in [-0.3, -0.25) is 4.79 Å². The molecule has 112 valence electrons. The van der Waals surface area contributed by atoms with E-state index in [4.69, 9.17) is 0 Å². The van der Waals surface area contributed by atoms with Gasteiger partial charge in [-0.2, -0.15) is 0 Å². The van der Waals surface area contributed by atoms with Gasteiger partial charge in [0.25, 0.3) is 0 Å². The first-order valence-corrected chi connectivity index (χ1v) is 7.79. The first kappa shape index (κ1) is 16.5. The fraction of sp³-hybridized carbons (Fsp3) is 0.938. The van der Waals surface area contributed by atoms with Crippen LogP contribution in [0.4, 0.5) is 0 Å². The van der Waals surface area contributed by atoms with Crippen LogP contribution in [0.3, 0.4) is 0 Å². The number of hydrogen-bond acceptors (Lipinski definition) is 3. The lowest BCUT2D eigenvalue weighted by Crippen LogP contribution is -2.37. The molecule has 1 N–H and O–H groups in total. The fourth-order valence-electron chi connectivity index (χ4n) is 3.01. The number of ether oxygens (including phenoxy) is 1. The second-order valence-electron chi connectivity index (χ2n) is 6.52. The lowest BCUT2D eigenvalue weighted by molar-refractivity contribution is -0.140. The summed E-state index contributed by atoms with van der Waals surface area (Å²) in [7, 11) is 1.45. The molecule has 3 heteroatoms. The molecule has 0 radical (unpaired) electrons. The minimum Gasteiger partial charge on any atom is -0.469 e. The van der Waals surface area contributed by atoms with Crippen LogP contribution < -0.4 is 5.32 Å². The zero-order valence-electron chi connectivity index (χ0n) is 13.1. The molecule has 0 aromatic rings. The smallest absolute Gasteiger partial charge is 0.305 e. The van der Waals surface area contributed by atoms with Crippen molar-refractivity contribution in [1.82, 2.24) is 5.32 Å². The molecular formula is C16H31NO2. The Bertz CT molecular complexity index is 268. The molecule has 3 nitrogen and oxygen atoms in total. The number of carbonyl (C=O) groups is 1. The molecule has 0 amide bonds. The van der Waals surface area contributed by atoms with E-state index >= 15 is 0 Å². The van der Waals surface area contributed by atoms with Gasteiger partial charge in [-0.25, -0.2) is 0 Å². The molecule has 0 saturated heterocycles. The zero-order chi connectivity index (χ0) is 14.3. The third-order valence-corrected chi connectivity index (χ3v) is 4.96. The molecule has 0 aliphatic heterocycles. The van der Waals surface area contributed by atoms with E-state index in [2.05, 4.69) is 30.8 Å². The van der Waals surface area contributed by atoms with Crippen molar-refractivity contribution in [1.29, 1.82) is 0 Å². The highest BCUT2D eigenvalue weighted by atomic mass is 16.5. The molecular weight excluding hydrogens is 238 g/mol. The number of rotatable bonds is 7. The largest absolute Gasteiger partial charge is 0.469 e. The van der Waals surface area contributed by atoms with Gasteiger partial charge in [0, 0.05) is 12.5 Å². The molecule has 19 heavy (non-hydrogen) atoms. The van der Waals surface area contributed by atoms with Crippen molar-refractivity contribution in [3.8, 4) is 0 Å². The van der Waals surface area contributed by atoms with Crippen LogP contribution in [-0.2, 0) is 9.53 Å². The normalized spacial score (nSPS) is 24.2. The Balaban J connectivity index is 2.15. The van der Waals surface area contributed by atoms with Gasteiger partial charge in [-0.15, -0.1) is 0 Å². The minimum atomic E-state index is -0.102. The summed E-state index contributed by atoms with van der Waals surface area (Å²) in [6.45, 7) is 8.04. The lowest BCUT2D eigenvalue weighted by Gasteiger charge is -2.39. The van der Waals surface area contributed by atoms with Gasteiger partial charge in [0.2, 0.25) is 0 Å². The maximum atomic E-state index is 11.0. The van der Waals surface area contributed by atoms with Gasteiger partial charge in [-0.1, -0.05) is 27.2 Å². The van der Waals surface area contributed by atoms with E-state index in [9.17, 15) is 4.79 Å². The van der Waals surface area contributed by atoms with E-state index in [1.807, 2.05) is 0 Å². The summed E-state index contributed by atoms with van der Waals surface area (Å²) >= 11 is 0. The molecule has 1 aliphatic carbocycles. The average molecular weight is 269 g/mol. The standard InChI is InChI=1S/C16H31NO2/c1-5-16(2,3)13-8-10-14(11-9-13)17-12-6-7-15(18)19-4/h13-14,17H,5-12H2,1-4H3. The van der Waals surface area contributed by atoms with Crippen molar-refractivity contribution < 1.29 is 9.53 Å². The number of carbonyl (C=O) groups excluding carboxylic acids is 1. The fourth-order valence-corrected chi connectivity index (χ4v) is 3.01. The maximum absolute atomic E-state index is 11.0. The Morgan fingerprint density at radius 1 is 1.26 bits per heavy atom. The third kappa shape index (κ3) is 5.52. The van der Waals surface area contributed by atoms with Crippen LogP contribution in [-0.4, -0.2) is 25.7 Å². The Labute approximate surface area is 118 Å².